The minimum absolute atomic E-state index is 0.369. The fourth-order valence-corrected chi connectivity index (χ4v) is 3.16. The molecule has 1 aromatic heterocycles. The molecular formula is C17H20BrNO2. The third-order valence-corrected chi connectivity index (χ3v) is 4.30. The smallest absolute Gasteiger partial charge is 0.134 e. The lowest BCUT2D eigenvalue weighted by Crippen LogP contribution is -2.25. The summed E-state index contributed by atoms with van der Waals surface area (Å²) in [5.41, 5.74) is 2.35. The summed E-state index contributed by atoms with van der Waals surface area (Å²) in [6.07, 6.45) is 2.71. The minimum atomic E-state index is 0.369. The van der Waals surface area contributed by atoms with Crippen LogP contribution in [0.3, 0.4) is 0 Å². The van der Waals surface area contributed by atoms with Crippen molar-refractivity contribution in [3.05, 3.63) is 46.1 Å². The lowest BCUT2D eigenvalue weighted by molar-refractivity contribution is 0.109. The normalized spacial score (nSPS) is 18.3. The largest absolute Gasteiger partial charge is 0.460 e. The van der Waals surface area contributed by atoms with Crippen LogP contribution in [0.2, 0.25) is 0 Å². The fourth-order valence-electron chi connectivity index (χ4n) is 2.68. The van der Waals surface area contributed by atoms with Crippen molar-refractivity contribution in [3.63, 3.8) is 0 Å². The number of furan rings is 1. The number of hydrogen-bond donors (Lipinski definition) is 1. The van der Waals surface area contributed by atoms with E-state index in [1.54, 1.807) is 0 Å². The van der Waals surface area contributed by atoms with Gasteiger partial charge in [-0.2, -0.15) is 0 Å². The van der Waals surface area contributed by atoms with Gasteiger partial charge in [-0.1, -0.05) is 15.9 Å². The first-order valence-electron chi connectivity index (χ1n) is 7.40. The first-order chi connectivity index (χ1) is 10.2. The number of ether oxygens (including phenoxy) is 1. The average Bonchev–Trinajstić information content (AvgIpc) is 3.10. The lowest BCUT2D eigenvalue weighted by Gasteiger charge is -2.09. The Balaban J connectivity index is 1.60. The van der Waals surface area contributed by atoms with Crippen LogP contribution in [-0.4, -0.2) is 19.3 Å². The first-order valence-corrected chi connectivity index (χ1v) is 8.19. The summed E-state index contributed by atoms with van der Waals surface area (Å²) in [5, 5.41) is 3.41. The molecule has 21 heavy (non-hydrogen) atoms. The number of halogens is 1. The van der Waals surface area contributed by atoms with Gasteiger partial charge in [0.2, 0.25) is 0 Å². The Kier molecular flexibility index (Phi) is 4.78. The molecule has 4 heteroatoms. The molecule has 0 amide bonds. The summed E-state index contributed by atoms with van der Waals surface area (Å²) in [4.78, 5) is 0. The highest BCUT2D eigenvalue weighted by atomic mass is 79.9. The zero-order valence-corrected chi connectivity index (χ0v) is 13.8. The second-order valence-corrected chi connectivity index (χ2v) is 6.41. The highest BCUT2D eigenvalue weighted by Gasteiger charge is 2.15. The molecule has 3 rings (SSSR count). The summed E-state index contributed by atoms with van der Waals surface area (Å²) >= 11 is 3.49. The van der Waals surface area contributed by atoms with Gasteiger partial charge in [0.05, 0.1) is 12.6 Å². The molecule has 1 atom stereocenters. The molecule has 1 aliphatic heterocycles. The summed E-state index contributed by atoms with van der Waals surface area (Å²) in [7, 11) is 0. The second kappa shape index (κ2) is 6.77. The van der Waals surface area contributed by atoms with Gasteiger partial charge in [-0.15, -0.1) is 0 Å². The van der Waals surface area contributed by atoms with Crippen molar-refractivity contribution in [2.75, 3.05) is 13.2 Å². The molecule has 2 heterocycles. The molecule has 0 saturated carbocycles. The quantitative estimate of drug-likeness (QED) is 0.874. The highest BCUT2D eigenvalue weighted by Crippen LogP contribution is 2.27. The van der Waals surface area contributed by atoms with E-state index in [-0.39, 0.29) is 0 Å². The van der Waals surface area contributed by atoms with Crippen LogP contribution in [0.15, 0.2) is 39.2 Å². The SMILES string of the molecule is Cc1cc(Br)ccc1-c1ccc(CNC[C@@H]2CCCO2)o1. The van der Waals surface area contributed by atoms with E-state index in [2.05, 4.69) is 40.3 Å². The molecule has 1 aliphatic rings. The topological polar surface area (TPSA) is 34.4 Å². The lowest BCUT2D eigenvalue weighted by atomic mass is 10.1. The zero-order chi connectivity index (χ0) is 14.7. The van der Waals surface area contributed by atoms with Crippen LogP contribution in [0, 0.1) is 6.92 Å². The third-order valence-electron chi connectivity index (χ3n) is 3.81. The van der Waals surface area contributed by atoms with Crippen LogP contribution in [0.1, 0.15) is 24.2 Å². The Bertz CT molecular complexity index is 603. The fraction of sp³-hybridized carbons (Fsp3) is 0.412. The maximum Gasteiger partial charge on any atom is 0.134 e. The molecule has 1 fully saturated rings. The monoisotopic (exact) mass is 349 g/mol. The van der Waals surface area contributed by atoms with Crippen LogP contribution in [0.5, 0.6) is 0 Å². The van der Waals surface area contributed by atoms with Crippen LogP contribution in [-0.2, 0) is 11.3 Å². The number of rotatable bonds is 5. The van der Waals surface area contributed by atoms with Crippen molar-refractivity contribution in [1.29, 1.82) is 0 Å². The van der Waals surface area contributed by atoms with Crippen LogP contribution in [0.4, 0.5) is 0 Å². The van der Waals surface area contributed by atoms with Crippen LogP contribution in [0.25, 0.3) is 11.3 Å². The van der Waals surface area contributed by atoms with Crippen molar-refractivity contribution in [3.8, 4) is 11.3 Å². The molecule has 2 aromatic rings. The number of nitrogens with one attached hydrogen (secondary N) is 1. The van der Waals surface area contributed by atoms with Gasteiger partial charge in [0.15, 0.2) is 0 Å². The highest BCUT2D eigenvalue weighted by molar-refractivity contribution is 9.10. The van der Waals surface area contributed by atoms with Crippen molar-refractivity contribution in [1.82, 2.24) is 5.32 Å². The summed E-state index contributed by atoms with van der Waals surface area (Å²) in [5.74, 6) is 1.89. The van der Waals surface area contributed by atoms with Gasteiger partial charge in [-0.3, -0.25) is 0 Å². The maximum atomic E-state index is 5.94. The van der Waals surface area contributed by atoms with Gasteiger partial charge in [0, 0.05) is 23.2 Å². The van der Waals surface area contributed by atoms with E-state index >= 15 is 0 Å². The minimum Gasteiger partial charge on any atom is -0.460 e. The molecule has 3 nitrogen and oxygen atoms in total. The Morgan fingerprint density at radius 1 is 1.29 bits per heavy atom. The average molecular weight is 350 g/mol. The number of aryl methyl sites for hydroxylation is 1. The standard InChI is InChI=1S/C17H20BrNO2/c1-12-9-13(18)4-6-16(12)17-7-5-15(21-17)11-19-10-14-3-2-8-20-14/h4-7,9,14,19H,2-3,8,10-11H2,1H3/t14-/m0/s1. The Morgan fingerprint density at radius 3 is 2.95 bits per heavy atom. The van der Waals surface area contributed by atoms with Crippen molar-refractivity contribution >= 4 is 15.9 Å². The van der Waals surface area contributed by atoms with Gasteiger partial charge >= 0.3 is 0 Å². The van der Waals surface area contributed by atoms with E-state index < -0.39 is 0 Å². The molecule has 0 unspecified atom stereocenters. The molecule has 112 valence electrons. The summed E-state index contributed by atoms with van der Waals surface area (Å²) < 4.78 is 12.6. The van der Waals surface area contributed by atoms with E-state index in [0.29, 0.717) is 6.10 Å². The van der Waals surface area contributed by atoms with Gasteiger partial charge in [0.25, 0.3) is 0 Å². The van der Waals surface area contributed by atoms with Gasteiger partial charge < -0.3 is 14.5 Å². The van der Waals surface area contributed by atoms with E-state index in [1.165, 1.54) is 12.0 Å². The van der Waals surface area contributed by atoms with Crippen molar-refractivity contribution < 1.29 is 9.15 Å². The van der Waals surface area contributed by atoms with Crippen molar-refractivity contribution in [2.45, 2.75) is 32.4 Å². The van der Waals surface area contributed by atoms with Gasteiger partial charge in [-0.05, 0) is 55.7 Å². The molecule has 0 spiro atoms. The number of benzene rings is 1. The van der Waals surface area contributed by atoms with Crippen molar-refractivity contribution in [2.24, 2.45) is 0 Å². The molecule has 1 saturated heterocycles. The van der Waals surface area contributed by atoms with E-state index in [9.17, 15) is 0 Å². The Hall–Kier alpha value is -1.10. The molecule has 0 aliphatic carbocycles. The van der Waals surface area contributed by atoms with Crippen LogP contribution < -0.4 is 5.32 Å². The van der Waals surface area contributed by atoms with Gasteiger partial charge in [0.1, 0.15) is 11.5 Å². The number of hydrogen-bond acceptors (Lipinski definition) is 3. The summed E-state index contributed by atoms with van der Waals surface area (Å²) in [6, 6.07) is 10.3. The molecule has 0 radical (unpaired) electrons. The first kappa shape index (κ1) is 14.8. The van der Waals surface area contributed by atoms with E-state index in [1.807, 2.05) is 18.2 Å². The van der Waals surface area contributed by atoms with Gasteiger partial charge in [-0.25, -0.2) is 0 Å². The third kappa shape index (κ3) is 3.76. The van der Waals surface area contributed by atoms with E-state index in [0.717, 1.165) is 47.7 Å². The second-order valence-electron chi connectivity index (χ2n) is 5.49. The Morgan fingerprint density at radius 2 is 2.19 bits per heavy atom. The summed E-state index contributed by atoms with van der Waals surface area (Å²) in [6.45, 7) is 4.64. The molecule has 0 bridgehead atoms. The predicted molar refractivity (Wildman–Crippen MR) is 87.3 cm³/mol. The molecule has 1 N–H and O–H groups in total. The maximum absolute atomic E-state index is 5.94. The molecular weight excluding hydrogens is 330 g/mol. The van der Waals surface area contributed by atoms with Crippen LogP contribution >= 0.6 is 15.9 Å². The van der Waals surface area contributed by atoms with E-state index in [4.69, 9.17) is 9.15 Å². The predicted octanol–water partition coefficient (Wildman–Crippen LogP) is 4.29. The zero-order valence-electron chi connectivity index (χ0n) is 12.2. The molecule has 1 aromatic carbocycles. The Labute approximate surface area is 133 Å².